The SMILES string of the molecule is CC/C=C\C/C=C\CCCCCCCC(=O)OC(COC(=O)CC/C=C\C/C=C\CCCCCCCC)COC(=O)CCCCCCCCCCC. The summed E-state index contributed by atoms with van der Waals surface area (Å²) in [7, 11) is 0. The van der Waals surface area contributed by atoms with Crippen LogP contribution in [0.2, 0.25) is 0 Å². The molecule has 0 amide bonds. The lowest BCUT2D eigenvalue weighted by Crippen LogP contribution is -2.30. The van der Waals surface area contributed by atoms with Crippen LogP contribution in [-0.2, 0) is 28.6 Å². The van der Waals surface area contributed by atoms with Crippen molar-refractivity contribution in [3.63, 3.8) is 0 Å². The van der Waals surface area contributed by atoms with Crippen molar-refractivity contribution in [1.82, 2.24) is 0 Å². The summed E-state index contributed by atoms with van der Waals surface area (Å²) in [4.78, 5) is 37.5. The lowest BCUT2D eigenvalue weighted by Gasteiger charge is -2.18. The van der Waals surface area contributed by atoms with Gasteiger partial charge in [0.25, 0.3) is 0 Å². The third kappa shape index (κ3) is 38.6. The second-order valence-electron chi connectivity index (χ2n) is 14.2. The number of carbonyl (C=O) groups is 3. The lowest BCUT2D eigenvalue weighted by atomic mass is 10.1. The highest BCUT2D eigenvalue weighted by Gasteiger charge is 2.19. The molecule has 0 heterocycles. The summed E-state index contributed by atoms with van der Waals surface area (Å²) in [6.07, 6.45) is 46.8. The quantitative estimate of drug-likeness (QED) is 0.0272. The van der Waals surface area contributed by atoms with Crippen molar-refractivity contribution in [2.75, 3.05) is 13.2 Å². The van der Waals surface area contributed by atoms with Crippen LogP contribution in [0.5, 0.6) is 0 Å². The Balaban J connectivity index is 4.46. The van der Waals surface area contributed by atoms with Gasteiger partial charge in [0, 0.05) is 19.3 Å². The molecule has 0 saturated heterocycles. The van der Waals surface area contributed by atoms with E-state index < -0.39 is 6.10 Å². The van der Waals surface area contributed by atoms with E-state index in [1.165, 1.54) is 77.0 Å². The summed E-state index contributed by atoms with van der Waals surface area (Å²) in [5.74, 6) is -0.988. The molecule has 0 radical (unpaired) electrons. The van der Waals surface area contributed by atoms with Crippen molar-refractivity contribution in [2.24, 2.45) is 0 Å². The van der Waals surface area contributed by atoms with Gasteiger partial charge in [-0.15, -0.1) is 0 Å². The van der Waals surface area contributed by atoms with E-state index in [-0.39, 0.29) is 37.5 Å². The Morgan fingerprint density at radius 1 is 0.404 bits per heavy atom. The molecule has 52 heavy (non-hydrogen) atoms. The summed E-state index contributed by atoms with van der Waals surface area (Å²) in [6.45, 7) is 6.41. The van der Waals surface area contributed by atoms with E-state index in [0.717, 1.165) is 83.5 Å². The maximum Gasteiger partial charge on any atom is 0.306 e. The van der Waals surface area contributed by atoms with Gasteiger partial charge in [0.05, 0.1) is 0 Å². The molecule has 0 rings (SSSR count). The molecular weight excluding hydrogens is 648 g/mol. The molecule has 0 saturated carbocycles. The number of ether oxygens (including phenoxy) is 3. The van der Waals surface area contributed by atoms with Crippen LogP contribution in [0.4, 0.5) is 0 Å². The van der Waals surface area contributed by atoms with Gasteiger partial charge in [-0.25, -0.2) is 0 Å². The highest BCUT2D eigenvalue weighted by atomic mass is 16.6. The van der Waals surface area contributed by atoms with E-state index in [4.69, 9.17) is 14.2 Å². The normalized spacial score (nSPS) is 12.4. The minimum Gasteiger partial charge on any atom is -0.462 e. The molecule has 0 aliphatic rings. The molecular formula is C46H80O6. The standard InChI is InChI=1S/C46H80O6/c1-4-7-10-13-16-19-21-23-25-27-30-33-36-39-45(48)51-42-43(41-50-44(47)38-35-32-29-26-18-15-12-9-6-3)52-46(49)40-37-34-31-28-24-22-20-17-14-11-8-5-2/h8,11,17,20,23,25,30,33,43H,4-7,9-10,12-16,18-19,21-22,24,26-29,31-32,34-42H2,1-3H3/b11-8-,20-17-,25-23-,33-30-. The van der Waals surface area contributed by atoms with Crippen LogP contribution in [0.3, 0.4) is 0 Å². The van der Waals surface area contributed by atoms with Crippen molar-refractivity contribution < 1.29 is 28.6 Å². The Kier molecular flexibility index (Phi) is 39.1. The molecule has 0 aromatic carbocycles. The van der Waals surface area contributed by atoms with Crippen molar-refractivity contribution in [2.45, 2.75) is 213 Å². The number of carbonyl (C=O) groups excluding carboxylic acids is 3. The van der Waals surface area contributed by atoms with Gasteiger partial charge in [-0.05, 0) is 64.2 Å². The van der Waals surface area contributed by atoms with Gasteiger partial charge in [-0.1, -0.05) is 172 Å². The van der Waals surface area contributed by atoms with Crippen LogP contribution in [0, 0.1) is 0 Å². The number of esters is 3. The van der Waals surface area contributed by atoms with Crippen molar-refractivity contribution >= 4 is 17.9 Å². The molecule has 0 fully saturated rings. The minimum atomic E-state index is -0.796. The van der Waals surface area contributed by atoms with Crippen LogP contribution in [0.25, 0.3) is 0 Å². The Morgan fingerprint density at radius 2 is 0.788 bits per heavy atom. The fourth-order valence-electron chi connectivity index (χ4n) is 5.82. The third-order valence-corrected chi connectivity index (χ3v) is 9.08. The van der Waals surface area contributed by atoms with Gasteiger partial charge < -0.3 is 14.2 Å². The van der Waals surface area contributed by atoms with E-state index in [0.29, 0.717) is 19.3 Å². The Hall–Kier alpha value is -2.63. The van der Waals surface area contributed by atoms with Crippen LogP contribution in [0.15, 0.2) is 48.6 Å². The molecule has 6 heteroatoms. The van der Waals surface area contributed by atoms with Gasteiger partial charge in [-0.3, -0.25) is 14.4 Å². The van der Waals surface area contributed by atoms with Gasteiger partial charge >= 0.3 is 17.9 Å². The monoisotopic (exact) mass is 729 g/mol. The minimum absolute atomic E-state index is 0.0952. The van der Waals surface area contributed by atoms with E-state index in [1.807, 2.05) is 6.08 Å². The third-order valence-electron chi connectivity index (χ3n) is 9.08. The van der Waals surface area contributed by atoms with E-state index in [2.05, 4.69) is 63.3 Å². The average molecular weight is 729 g/mol. The van der Waals surface area contributed by atoms with Crippen LogP contribution in [-0.4, -0.2) is 37.2 Å². The second kappa shape index (κ2) is 41.1. The fourth-order valence-corrected chi connectivity index (χ4v) is 5.82. The van der Waals surface area contributed by atoms with Gasteiger partial charge in [0.2, 0.25) is 0 Å². The van der Waals surface area contributed by atoms with Gasteiger partial charge in [0.15, 0.2) is 6.10 Å². The smallest absolute Gasteiger partial charge is 0.306 e. The molecule has 300 valence electrons. The molecule has 1 atom stereocenters. The first-order valence-electron chi connectivity index (χ1n) is 21.6. The molecule has 0 N–H and O–H groups in total. The van der Waals surface area contributed by atoms with Crippen molar-refractivity contribution in [3.05, 3.63) is 48.6 Å². The number of rotatable bonds is 38. The van der Waals surface area contributed by atoms with Gasteiger partial charge in [0.1, 0.15) is 13.2 Å². The number of unbranched alkanes of at least 4 members (excludes halogenated alkanes) is 19. The highest BCUT2D eigenvalue weighted by Crippen LogP contribution is 2.13. The molecule has 0 aromatic heterocycles. The predicted octanol–water partition coefficient (Wildman–Crippen LogP) is 13.6. The number of allylic oxidation sites excluding steroid dienone is 8. The summed E-state index contributed by atoms with van der Waals surface area (Å²) in [6, 6.07) is 0. The maximum absolute atomic E-state index is 12.7. The largest absolute Gasteiger partial charge is 0.462 e. The van der Waals surface area contributed by atoms with E-state index in [1.54, 1.807) is 0 Å². The zero-order valence-electron chi connectivity index (χ0n) is 34.1. The number of hydrogen-bond acceptors (Lipinski definition) is 6. The zero-order valence-corrected chi connectivity index (χ0v) is 34.1. The van der Waals surface area contributed by atoms with Crippen LogP contribution < -0.4 is 0 Å². The van der Waals surface area contributed by atoms with E-state index >= 15 is 0 Å². The summed E-state index contributed by atoms with van der Waals surface area (Å²) in [5.41, 5.74) is 0. The molecule has 1 unspecified atom stereocenters. The molecule has 6 nitrogen and oxygen atoms in total. The fraction of sp³-hybridized carbons (Fsp3) is 0.761. The number of hydrogen-bond donors (Lipinski definition) is 0. The lowest BCUT2D eigenvalue weighted by molar-refractivity contribution is -0.166. The first kappa shape index (κ1) is 49.4. The van der Waals surface area contributed by atoms with Crippen molar-refractivity contribution in [1.29, 1.82) is 0 Å². The average Bonchev–Trinajstić information content (AvgIpc) is 3.14. The molecule has 0 aliphatic carbocycles. The Bertz CT molecular complexity index is 933. The summed E-state index contributed by atoms with van der Waals surface area (Å²) < 4.78 is 16.6. The molecule has 0 aliphatic heterocycles. The van der Waals surface area contributed by atoms with Crippen LogP contribution >= 0.6 is 0 Å². The van der Waals surface area contributed by atoms with Crippen LogP contribution in [0.1, 0.15) is 207 Å². The highest BCUT2D eigenvalue weighted by molar-refractivity contribution is 5.71. The zero-order chi connectivity index (χ0) is 38.0. The Labute approximate surface area is 320 Å². The molecule has 0 spiro atoms. The summed E-state index contributed by atoms with van der Waals surface area (Å²) in [5, 5.41) is 0. The Morgan fingerprint density at radius 3 is 1.27 bits per heavy atom. The molecule has 0 aromatic rings. The first-order chi connectivity index (χ1) is 25.5. The second-order valence-corrected chi connectivity index (χ2v) is 14.2. The maximum atomic E-state index is 12.7. The first-order valence-corrected chi connectivity index (χ1v) is 21.6. The molecule has 0 bridgehead atoms. The summed E-state index contributed by atoms with van der Waals surface area (Å²) >= 11 is 0. The van der Waals surface area contributed by atoms with E-state index in [9.17, 15) is 14.4 Å². The van der Waals surface area contributed by atoms with Crippen molar-refractivity contribution in [3.8, 4) is 0 Å². The van der Waals surface area contributed by atoms with Gasteiger partial charge in [-0.2, -0.15) is 0 Å². The predicted molar refractivity (Wildman–Crippen MR) is 219 cm³/mol. The topological polar surface area (TPSA) is 78.9 Å².